The Balaban J connectivity index is 0.00000204. The van der Waals surface area contributed by atoms with Crippen molar-refractivity contribution in [2.75, 3.05) is 13.1 Å². The predicted molar refractivity (Wildman–Crippen MR) is 123 cm³/mol. The molecule has 0 radical (unpaired) electrons. The minimum atomic E-state index is -0.105. The molecule has 6 aliphatic rings. The fourth-order valence-electron chi connectivity index (χ4n) is 9.36. The highest BCUT2D eigenvalue weighted by Crippen LogP contribution is 2.76. The number of epoxide rings is 1. The van der Waals surface area contributed by atoms with Crippen molar-refractivity contribution in [3.8, 4) is 0 Å². The van der Waals surface area contributed by atoms with E-state index in [2.05, 4.69) is 33.0 Å². The summed E-state index contributed by atoms with van der Waals surface area (Å²) in [6.07, 6.45) is 9.49. The number of hydrogen-bond donors (Lipinski definition) is 2. The number of ether oxygens (including phenoxy) is 1. The van der Waals surface area contributed by atoms with E-state index < -0.39 is 0 Å². The molecule has 2 aliphatic heterocycles. The number of aliphatic hydroxyl groups is 1. The highest BCUT2D eigenvalue weighted by Gasteiger charge is 2.81. The zero-order valence-electron chi connectivity index (χ0n) is 19.7. The Bertz CT molecular complexity index is 768. The average Bonchev–Trinajstić information content (AvgIpc) is 3.08. The second-order valence-electron chi connectivity index (χ2n) is 12.4. The second-order valence-corrected chi connectivity index (χ2v) is 12.4. The fourth-order valence-corrected chi connectivity index (χ4v) is 9.36. The molecule has 4 saturated carbocycles. The Morgan fingerprint density at radius 1 is 1.06 bits per heavy atom. The molecule has 176 valence electrons. The summed E-state index contributed by atoms with van der Waals surface area (Å²) in [4.78, 5) is 5.98. The molecule has 4 aliphatic carbocycles. The highest BCUT2D eigenvalue weighted by atomic mass is 35.5. The molecule has 0 unspecified atom stereocenters. The molecule has 0 aromatic rings. The van der Waals surface area contributed by atoms with E-state index in [-0.39, 0.29) is 46.5 Å². The fraction of sp³-hybridized carbons (Fsp3) is 0.960. The first kappa shape index (κ1) is 22.4. The van der Waals surface area contributed by atoms with Crippen LogP contribution in [0.1, 0.15) is 79.1 Å². The van der Waals surface area contributed by atoms with Gasteiger partial charge < -0.3 is 20.0 Å². The molecule has 6 rings (SSSR count). The number of hydrogen-bond acceptors (Lipinski definition) is 5. The van der Waals surface area contributed by atoms with Crippen LogP contribution in [0.25, 0.3) is 0 Å². The van der Waals surface area contributed by atoms with Crippen LogP contribution >= 0.6 is 12.4 Å². The van der Waals surface area contributed by atoms with Crippen molar-refractivity contribution < 1.29 is 14.7 Å². The van der Waals surface area contributed by atoms with Gasteiger partial charge in [-0.1, -0.05) is 32.9 Å². The SMILES string of the molecule is CC1(C)/C(=N/O[C@@H]2CCNC2)CC[C@]2(C)[C@H]3CC[C@]4(C)[C@@H](O)CC[C@H]4[C@@H]3C[C@@H]3O[C@]312.Cl. The van der Waals surface area contributed by atoms with E-state index in [1.807, 2.05) is 0 Å². The van der Waals surface area contributed by atoms with E-state index in [9.17, 15) is 5.11 Å². The maximum atomic E-state index is 10.7. The number of fused-ring (bicyclic) bond motifs is 4. The molecule has 2 N–H and O–H groups in total. The van der Waals surface area contributed by atoms with Gasteiger partial charge in [-0.25, -0.2) is 0 Å². The lowest BCUT2D eigenvalue weighted by molar-refractivity contribution is -0.118. The van der Waals surface area contributed by atoms with Gasteiger partial charge in [0.25, 0.3) is 0 Å². The molecule has 2 saturated heterocycles. The molecule has 1 spiro atoms. The van der Waals surface area contributed by atoms with Crippen LogP contribution in [0, 0.1) is 34.0 Å². The van der Waals surface area contributed by atoms with Crippen LogP contribution in [0.5, 0.6) is 0 Å². The Hall–Kier alpha value is -0.360. The van der Waals surface area contributed by atoms with Gasteiger partial charge in [0, 0.05) is 23.8 Å². The lowest BCUT2D eigenvalue weighted by atomic mass is 9.41. The highest BCUT2D eigenvalue weighted by molar-refractivity contribution is 5.92. The normalized spacial score (nSPS) is 55.5. The Kier molecular flexibility index (Phi) is 5.12. The van der Waals surface area contributed by atoms with Gasteiger partial charge in [-0.05, 0) is 74.7 Å². The minimum absolute atomic E-state index is 0. The molecule has 0 amide bonds. The maximum Gasteiger partial charge on any atom is 0.141 e. The molecule has 6 fully saturated rings. The summed E-state index contributed by atoms with van der Waals surface area (Å²) >= 11 is 0. The third-order valence-electron chi connectivity index (χ3n) is 11.1. The van der Waals surface area contributed by atoms with Gasteiger partial charge in [-0.3, -0.25) is 0 Å². The molecule has 0 bridgehead atoms. The maximum absolute atomic E-state index is 10.7. The molecule has 0 aromatic carbocycles. The lowest BCUT2D eigenvalue weighted by Crippen LogP contribution is -2.64. The first-order valence-corrected chi connectivity index (χ1v) is 12.5. The number of aliphatic hydroxyl groups excluding tert-OH is 1. The van der Waals surface area contributed by atoms with Crippen molar-refractivity contribution >= 4 is 18.1 Å². The molecule has 5 nitrogen and oxygen atoms in total. The van der Waals surface area contributed by atoms with Crippen LogP contribution in [0.3, 0.4) is 0 Å². The third kappa shape index (κ3) is 2.70. The van der Waals surface area contributed by atoms with Gasteiger partial charge in [0.2, 0.25) is 0 Å². The van der Waals surface area contributed by atoms with Crippen molar-refractivity contribution in [1.82, 2.24) is 5.32 Å². The Labute approximate surface area is 193 Å². The van der Waals surface area contributed by atoms with Crippen LogP contribution < -0.4 is 5.32 Å². The molecular formula is C25H41ClN2O3. The number of rotatable bonds is 2. The van der Waals surface area contributed by atoms with Gasteiger partial charge in [0.05, 0.1) is 17.9 Å². The molecular weight excluding hydrogens is 412 g/mol. The summed E-state index contributed by atoms with van der Waals surface area (Å²) < 4.78 is 6.78. The molecule has 9 atom stereocenters. The molecule has 0 aromatic heterocycles. The van der Waals surface area contributed by atoms with E-state index in [1.54, 1.807) is 0 Å². The van der Waals surface area contributed by atoms with Crippen LogP contribution in [0.2, 0.25) is 0 Å². The van der Waals surface area contributed by atoms with Crippen LogP contribution in [-0.4, -0.2) is 47.8 Å². The smallest absolute Gasteiger partial charge is 0.141 e. The zero-order valence-corrected chi connectivity index (χ0v) is 20.5. The first-order chi connectivity index (χ1) is 14.2. The lowest BCUT2D eigenvalue weighted by Gasteiger charge is -2.61. The van der Waals surface area contributed by atoms with Crippen LogP contribution in [0.15, 0.2) is 5.16 Å². The summed E-state index contributed by atoms with van der Waals surface area (Å²) in [5.74, 6) is 2.09. The number of halogens is 1. The van der Waals surface area contributed by atoms with E-state index in [1.165, 1.54) is 31.4 Å². The Morgan fingerprint density at radius 2 is 1.87 bits per heavy atom. The van der Waals surface area contributed by atoms with Crippen LogP contribution in [-0.2, 0) is 9.57 Å². The largest absolute Gasteiger partial charge is 0.393 e. The summed E-state index contributed by atoms with van der Waals surface area (Å²) in [6, 6.07) is 0. The molecule has 6 heteroatoms. The average molecular weight is 453 g/mol. The van der Waals surface area contributed by atoms with E-state index >= 15 is 0 Å². The number of nitrogens with one attached hydrogen (secondary N) is 1. The third-order valence-corrected chi connectivity index (χ3v) is 11.1. The van der Waals surface area contributed by atoms with Gasteiger partial charge in [0.15, 0.2) is 0 Å². The monoisotopic (exact) mass is 452 g/mol. The van der Waals surface area contributed by atoms with E-state index in [0.29, 0.717) is 23.9 Å². The molecule has 31 heavy (non-hydrogen) atoms. The summed E-state index contributed by atoms with van der Waals surface area (Å²) in [5.41, 5.74) is 1.38. The van der Waals surface area contributed by atoms with Crippen molar-refractivity contribution in [3.63, 3.8) is 0 Å². The first-order valence-electron chi connectivity index (χ1n) is 12.5. The summed E-state index contributed by atoms with van der Waals surface area (Å²) in [6.45, 7) is 11.6. The zero-order chi connectivity index (χ0) is 20.9. The van der Waals surface area contributed by atoms with E-state index in [4.69, 9.17) is 14.7 Å². The quantitative estimate of drug-likeness (QED) is 0.483. The van der Waals surface area contributed by atoms with Gasteiger partial charge in [0.1, 0.15) is 11.7 Å². The van der Waals surface area contributed by atoms with Crippen molar-refractivity contribution in [2.24, 2.45) is 39.2 Å². The summed E-state index contributed by atoms with van der Waals surface area (Å²) in [7, 11) is 0. The van der Waals surface area contributed by atoms with Crippen molar-refractivity contribution in [2.45, 2.75) is 103 Å². The number of oxime groups is 1. The van der Waals surface area contributed by atoms with Gasteiger partial charge in [-0.2, -0.15) is 0 Å². The number of nitrogens with zero attached hydrogens (tertiary/aromatic N) is 1. The minimum Gasteiger partial charge on any atom is -0.393 e. The van der Waals surface area contributed by atoms with Gasteiger partial charge in [-0.15, -0.1) is 12.4 Å². The Morgan fingerprint density at radius 3 is 2.61 bits per heavy atom. The summed E-state index contributed by atoms with van der Waals surface area (Å²) in [5, 5.41) is 18.9. The molecule has 2 heterocycles. The second kappa shape index (κ2) is 7.07. The van der Waals surface area contributed by atoms with E-state index in [0.717, 1.165) is 38.8 Å². The van der Waals surface area contributed by atoms with Crippen molar-refractivity contribution in [3.05, 3.63) is 0 Å². The van der Waals surface area contributed by atoms with Crippen molar-refractivity contribution in [1.29, 1.82) is 0 Å². The standard InChI is InChI=1S/C25H40N2O3.ClH/c1-22(2)19(27-30-15-9-12-26-14-15)8-11-24(4)18-7-10-23(3)17(5-6-20(23)28)16(18)13-21-25(22,24)29-21;/h15-18,20-21,26,28H,5-14H2,1-4H3;1H/b27-19+;/t15-,16+,17+,18+,20+,21+,23+,24-,25-;/m1./s1. The van der Waals surface area contributed by atoms with Crippen LogP contribution in [0.4, 0.5) is 0 Å². The van der Waals surface area contributed by atoms with Gasteiger partial charge >= 0.3 is 0 Å². The topological polar surface area (TPSA) is 66.4 Å². The predicted octanol–water partition coefficient (Wildman–Crippen LogP) is 4.31.